The molecule has 0 bridgehead atoms. The Morgan fingerprint density at radius 2 is 1.48 bits per heavy atom. The molecule has 1 aliphatic heterocycles. The van der Waals surface area contributed by atoms with E-state index in [2.05, 4.69) is 50.2 Å². The molecule has 0 radical (unpaired) electrons. The van der Waals surface area contributed by atoms with Crippen LogP contribution in [0.3, 0.4) is 0 Å². The maximum absolute atomic E-state index is 12.1. The van der Waals surface area contributed by atoms with Crippen LogP contribution >= 0.6 is 0 Å². The third-order valence-electron chi connectivity index (χ3n) is 5.15. The van der Waals surface area contributed by atoms with E-state index < -0.39 is 5.91 Å². The second-order valence-corrected chi connectivity index (χ2v) is 7.61. The molecule has 164 valence electrons. The normalized spacial score (nSPS) is 14.6. The first kappa shape index (κ1) is 22.5. The van der Waals surface area contributed by atoms with Crippen LogP contribution in [0.15, 0.2) is 54.6 Å². The molecule has 8 heteroatoms. The zero-order valence-electron chi connectivity index (χ0n) is 17.8. The summed E-state index contributed by atoms with van der Waals surface area (Å²) in [6.45, 7) is 6.82. The molecule has 2 aromatic rings. The summed E-state index contributed by atoms with van der Waals surface area (Å²) in [6, 6.07) is 16.9. The zero-order valence-corrected chi connectivity index (χ0v) is 17.8. The van der Waals surface area contributed by atoms with E-state index in [1.54, 1.807) is 24.3 Å². The Bertz CT molecular complexity index is 878. The Hall–Kier alpha value is -3.23. The van der Waals surface area contributed by atoms with Gasteiger partial charge in [-0.15, -0.1) is 0 Å². The lowest BCUT2D eigenvalue weighted by Crippen LogP contribution is -2.47. The first-order valence-corrected chi connectivity index (χ1v) is 10.4. The monoisotopic (exact) mass is 423 g/mol. The number of hydrogen-bond donors (Lipinski definition) is 3. The number of carbonyl (C=O) groups excluding carboxylic acids is 3. The smallest absolute Gasteiger partial charge is 0.269 e. The Balaban J connectivity index is 1.32. The predicted molar refractivity (Wildman–Crippen MR) is 119 cm³/mol. The average Bonchev–Trinajstić information content (AvgIpc) is 2.78. The number of piperazine rings is 1. The molecule has 8 nitrogen and oxygen atoms in total. The van der Waals surface area contributed by atoms with Crippen molar-refractivity contribution in [1.82, 2.24) is 20.7 Å². The molecular formula is C23H29N5O3. The number of carbonyl (C=O) groups is 3. The average molecular weight is 424 g/mol. The lowest BCUT2D eigenvalue weighted by molar-refractivity contribution is -0.122. The molecule has 3 amide bonds. The van der Waals surface area contributed by atoms with Crippen molar-refractivity contribution in [2.75, 3.05) is 38.0 Å². The highest BCUT2D eigenvalue weighted by atomic mass is 16.2. The number of anilines is 1. The van der Waals surface area contributed by atoms with E-state index in [1.165, 1.54) is 12.5 Å². The largest absolute Gasteiger partial charge is 0.326 e. The van der Waals surface area contributed by atoms with Crippen LogP contribution in [-0.4, -0.2) is 60.2 Å². The summed E-state index contributed by atoms with van der Waals surface area (Å²) >= 11 is 0. The van der Waals surface area contributed by atoms with Gasteiger partial charge in [-0.05, 0) is 29.8 Å². The molecule has 1 aliphatic rings. The lowest BCUT2D eigenvalue weighted by atomic mass is 10.2. The minimum atomic E-state index is -0.405. The Kier molecular flexibility index (Phi) is 8.14. The minimum Gasteiger partial charge on any atom is -0.326 e. The SMILES string of the molecule is CC(=O)Nc1ccc(C(=O)NNC(=O)CCN2CCN(Cc3ccccc3)CC2)cc1. The maximum Gasteiger partial charge on any atom is 0.269 e. The van der Waals surface area contributed by atoms with Gasteiger partial charge in [0, 0.05) is 63.9 Å². The number of hydrogen-bond acceptors (Lipinski definition) is 5. The Morgan fingerprint density at radius 3 is 2.13 bits per heavy atom. The van der Waals surface area contributed by atoms with Crippen molar-refractivity contribution in [3.8, 4) is 0 Å². The summed E-state index contributed by atoms with van der Waals surface area (Å²) in [5, 5.41) is 2.64. The maximum atomic E-state index is 12.1. The van der Waals surface area contributed by atoms with Gasteiger partial charge in [-0.1, -0.05) is 30.3 Å². The van der Waals surface area contributed by atoms with E-state index >= 15 is 0 Å². The fraction of sp³-hybridized carbons (Fsp3) is 0.348. The molecule has 1 fully saturated rings. The van der Waals surface area contributed by atoms with Crippen LogP contribution in [-0.2, 0) is 16.1 Å². The highest BCUT2D eigenvalue weighted by molar-refractivity contribution is 5.96. The molecule has 2 aromatic carbocycles. The molecule has 0 aliphatic carbocycles. The van der Waals surface area contributed by atoms with Gasteiger partial charge >= 0.3 is 0 Å². The lowest BCUT2D eigenvalue weighted by Gasteiger charge is -2.34. The summed E-state index contributed by atoms with van der Waals surface area (Å²) in [6.07, 6.45) is 0.320. The summed E-state index contributed by atoms with van der Waals surface area (Å²) in [5.41, 5.74) is 7.21. The van der Waals surface area contributed by atoms with Crippen LogP contribution in [0.1, 0.15) is 29.3 Å². The molecule has 0 aromatic heterocycles. The van der Waals surface area contributed by atoms with Crippen molar-refractivity contribution in [1.29, 1.82) is 0 Å². The minimum absolute atomic E-state index is 0.179. The van der Waals surface area contributed by atoms with Crippen LogP contribution in [0.5, 0.6) is 0 Å². The molecule has 1 heterocycles. The number of nitrogens with one attached hydrogen (secondary N) is 3. The Labute approximate surface area is 182 Å². The van der Waals surface area contributed by atoms with Gasteiger partial charge in [0.15, 0.2) is 0 Å². The van der Waals surface area contributed by atoms with Crippen LogP contribution in [0.2, 0.25) is 0 Å². The highest BCUT2D eigenvalue weighted by Crippen LogP contribution is 2.10. The zero-order chi connectivity index (χ0) is 22.1. The van der Waals surface area contributed by atoms with Crippen molar-refractivity contribution in [2.45, 2.75) is 19.9 Å². The van der Waals surface area contributed by atoms with E-state index in [-0.39, 0.29) is 11.8 Å². The van der Waals surface area contributed by atoms with Crippen molar-refractivity contribution < 1.29 is 14.4 Å². The number of benzene rings is 2. The van der Waals surface area contributed by atoms with Gasteiger partial charge < -0.3 is 10.2 Å². The predicted octanol–water partition coefficient (Wildman–Crippen LogP) is 1.61. The molecule has 31 heavy (non-hydrogen) atoms. The van der Waals surface area contributed by atoms with Gasteiger partial charge in [-0.25, -0.2) is 0 Å². The number of nitrogens with zero attached hydrogens (tertiary/aromatic N) is 2. The van der Waals surface area contributed by atoms with Crippen molar-refractivity contribution in [2.24, 2.45) is 0 Å². The molecular weight excluding hydrogens is 394 g/mol. The fourth-order valence-electron chi connectivity index (χ4n) is 3.44. The van der Waals surface area contributed by atoms with Crippen molar-refractivity contribution in [3.63, 3.8) is 0 Å². The molecule has 0 atom stereocenters. The van der Waals surface area contributed by atoms with Crippen molar-refractivity contribution in [3.05, 3.63) is 65.7 Å². The number of amides is 3. The molecule has 0 spiro atoms. The standard InChI is InChI=1S/C23H29N5O3/c1-18(29)24-21-9-7-20(8-10-21)23(31)26-25-22(30)11-12-27-13-15-28(16-14-27)17-19-5-3-2-4-6-19/h2-10H,11-17H2,1H3,(H,24,29)(H,25,30)(H,26,31). The van der Waals surface area contributed by atoms with Gasteiger partial charge in [0.2, 0.25) is 11.8 Å². The van der Waals surface area contributed by atoms with Gasteiger partial charge in [0.1, 0.15) is 0 Å². The van der Waals surface area contributed by atoms with Crippen LogP contribution in [0, 0.1) is 0 Å². The van der Waals surface area contributed by atoms with Crippen LogP contribution in [0.25, 0.3) is 0 Å². The third-order valence-corrected chi connectivity index (χ3v) is 5.15. The summed E-state index contributed by atoms with van der Waals surface area (Å²) in [5.74, 6) is -0.811. The second-order valence-electron chi connectivity index (χ2n) is 7.61. The van der Waals surface area contributed by atoms with Crippen LogP contribution < -0.4 is 16.2 Å². The van der Waals surface area contributed by atoms with E-state index in [4.69, 9.17) is 0 Å². The van der Waals surface area contributed by atoms with Gasteiger partial charge in [0.25, 0.3) is 5.91 Å². The van der Waals surface area contributed by atoms with E-state index in [9.17, 15) is 14.4 Å². The number of rotatable bonds is 7. The summed E-state index contributed by atoms with van der Waals surface area (Å²) in [7, 11) is 0. The third kappa shape index (κ3) is 7.51. The second kappa shape index (κ2) is 11.2. The molecule has 3 rings (SSSR count). The molecule has 3 N–H and O–H groups in total. The van der Waals surface area contributed by atoms with Gasteiger partial charge in [-0.3, -0.25) is 30.1 Å². The van der Waals surface area contributed by atoms with E-state index in [1.807, 2.05) is 6.07 Å². The topological polar surface area (TPSA) is 93.8 Å². The van der Waals surface area contributed by atoms with Crippen molar-refractivity contribution >= 4 is 23.4 Å². The first-order valence-electron chi connectivity index (χ1n) is 10.4. The fourth-order valence-corrected chi connectivity index (χ4v) is 3.44. The van der Waals surface area contributed by atoms with Crippen LogP contribution in [0.4, 0.5) is 5.69 Å². The summed E-state index contributed by atoms with van der Waals surface area (Å²) < 4.78 is 0. The number of hydrazine groups is 1. The highest BCUT2D eigenvalue weighted by Gasteiger charge is 2.17. The van der Waals surface area contributed by atoms with E-state index in [0.29, 0.717) is 24.2 Å². The van der Waals surface area contributed by atoms with Gasteiger partial charge in [-0.2, -0.15) is 0 Å². The van der Waals surface area contributed by atoms with E-state index in [0.717, 1.165) is 32.7 Å². The molecule has 0 unspecified atom stereocenters. The summed E-state index contributed by atoms with van der Waals surface area (Å²) in [4.78, 5) is 40.0. The Morgan fingerprint density at radius 1 is 0.839 bits per heavy atom. The van der Waals surface area contributed by atoms with Gasteiger partial charge in [0.05, 0.1) is 0 Å². The quantitative estimate of drug-likeness (QED) is 0.589. The molecule has 1 saturated heterocycles. The molecule has 0 saturated carbocycles. The first-order chi connectivity index (χ1) is 15.0.